The molecule has 0 aliphatic carbocycles. The molecule has 0 aliphatic heterocycles. The van der Waals surface area contributed by atoms with Gasteiger partial charge in [0.1, 0.15) is 0 Å². The van der Waals surface area contributed by atoms with Crippen LogP contribution in [0, 0.1) is 5.92 Å². The Morgan fingerprint density at radius 1 is 1.54 bits per heavy atom. The fourth-order valence-electron chi connectivity index (χ4n) is 1.11. The first-order valence-corrected chi connectivity index (χ1v) is 4.75. The van der Waals surface area contributed by atoms with Gasteiger partial charge in [-0.25, -0.2) is 0 Å². The van der Waals surface area contributed by atoms with Crippen molar-refractivity contribution in [2.75, 3.05) is 6.54 Å². The van der Waals surface area contributed by atoms with Gasteiger partial charge in [-0.05, 0) is 25.3 Å². The molecule has 0 unspecified atom stereocenters. The van der Waals surface area contributed by atoms with Crippen LogP contribution in [-0.2, 0) is 6.54 Å². The maximum atomic E-state index is 4.61. The van der Waals surface area contributed by atoms with Crippen molar-refractivity contribution in [2.24, 2.45) is 5.92 Å². The molecule has 0 aromatic carbocycles. The van der Waals surface area contributed by atoms with Gasteiger partial charge < -0.3 is 9.84 Å². The molecule has 0 bridgehead atoms. The van der Waals surface area contributed by atoms with Crippen LogP contribution in [0.15, 0.2) is 10.9 Å². The third kappa shape index (κ3) is 4.62. The Labute approximate surface area is 78.7 Å². The third-order valence-corrected chi connectivity index (χ3v) is 1.83. The van der Waals surface area contributed by atoms with Crippen molar-refractivity contribution in [1.82, 2.24) is 15.5 Å². The van der Waals surface area contributed by atoms with Crippen LogP contribution < -0.4 is 5.32 Å². The third-order valence-electron chi connectivity index (χ3n) is 1.83. The molecule has 0 saturated heterocycles. The van der Waals surface area contributed by atoms with Crippen molar-refractivity contribution in [3.63, 3.8) is 0 Å². The minimum atomic E-state index is 0.703. The molecule has 13 heavy (non-hydrogen) atoms. The Morgan fingerprint density at radius 3 is 3.00 bits per heavy atom. The van der Waals surface area contributed by atoms with E-state index < -0.39 is 0 Å². The van der Waals surface area contributed by atoms with E-state index in [1.54, 1.807) is 0 Å². The normalized spacial score (nSPS) is 11.0. The first-order chi connectivity index (χ1) is 6.29. The highest BCUT2D eigenvalue weighted by atomic mass is 16.5. The van der Waals surface area contributed by atoms with E-state index >= 15 is 0 Å². The van der Waals surface area contributed by atoms with Crippen molar-refractivity contribution in [3.8, 4) is 0 Å². The minimum Gasteiger partial charge on any atom is -0.343 e. The van der Waals surface area contributed by atoms with Gasteiger partial charge in [0.15, 0.2) is 5.82 Å². The van der Waals surface area contributed by atoms with Crippen LogP contribution in [0.25, 0.3) is 0 Å². The fourth-order valence-corrected chi connectivity index (χ4v) is 1.11. The van der Waals surface area contributed by atoms with Crippen LogP contribution in [-0.4, -0.2) is 16.7 Å². The quantitative estimate of drug-likeness (QED) is 0.680. The molecule has 1 aromatic rings. The Morgan fingerprint density at radius 2 is 2.38 bits per heavy atom. The maximum Gasteiger partial charge on any atom is 0.213 e. The van der Waals surface area contributed by atoms with Crippen LogP contribution in [0.4, 0.5) is 0 Å². The highest BCUT2D eigenvalue weighted by Gasteiger charge is 1.97. The summed E-state index contributed by atoms with van der Waals surface area (Å²) in [6, 6.07) is 0. The Balaban J connectivity index is 1.96. The van der Waals surface area contributed by atoms with Gasteiger partial charge in [0, 0.05) is 0 Å². The average molecular weight is 183 g/mol. The highest BCUT2D eigenvalue weighted by Crippen LogP contribution is 2.01. The number of rotatable bonds is 6. The summed E-state index contributed by atoms with van der Waals surface area (Å²) in [5.41, 5.74) is 0. The van der Waals surface area contributed by atoms with Crippen molar-refractivity contribution in [1.29, 1.82) is 0 Å². The van der Waals surface area contributed by atoms with Crippen LogP contribution in [0.3, 0.4) is 0 Å². The molecule has 4 heteroatoms. The van der Waals surface area contributed by atoms with Crippen molar-refractivity contribution >= 4 is 0 Å². The molecule has 0 amide bonds. The summed E-state index contributed by atoms with van der Waals surface area (Å²) >= 11 is 0. The lowest BCUT2D eigenvalue weighted by molar-refractivity contribution is 0.406. The average Bonchev–Trinajstić information content (AvgIpc) is 2.55. The van der Waals surface area contributed by atoms with Gasteiger partial charge in [0.25, 0.3) is 0 Å². The molecule has 1 heterocycles. The zero-order valence-electron chi connectivity index (χ0n) is 8.29. The molecule has 0 saturated carbocycles. The molecule has 1 N–H and O–H groups in total. The van der Waals surface area contributed by atoms with E-state index in [0.29, 0.717) is 6.54 Å². The smallest absolute Gasteiger partial charge is 0.213 e. The molecule has 0 atom stereocenters. The SMILES string of the molecule is CC(C)CCCNCc1ncon1. The molecule has 0 spiro atoms. The Bertz CT molecular complexity index is 209. The standard InChI is InChI=1S/C9H17N3O/c1-8(2)4-3-5-10-6-9-11-7-13-12-9/h7-8,10H,3-6H2,1-2H3. The second kappa shape index (κ2) is 5.70. The summed E-state index contributed by atoms with van der Waals surface area (Å²) < 4.78 is 4.61. The molecular weight excluding hydrogens is 166 g/mol. The van der Waals surface area contributed by atoms with E-state index in [2.05, 4.69) is 33.8 Å². The summed E-state index contributed by atoms with van der Waals surface area (Å²) in [6.07, 6.45) is 3.82. The predicted octanol–water partition coefficient (Wildman–Crippen LogP) is 1.60. The molecule has 1 aromatic heterocycles. The van der Waals surface area contributed by atoms with E-state index in [4.69, 9.17) is 0 Å². The van der Waals surface area contributed by atoms with Crippen molar-refractivity contribution in [2.45, 2.75) is 33.2 Å². The Kier molecular flexibility index (Phi) is 4.46. The van der Waals surface area contributed by atoms with E-state index in [1.165, 1.54) is 19.2 Å². The molecule has 74 valence electrons. The van der Waals surface area contributed by atoms with E-state index in [-0.39, 0.29) is 0 Å². The zero-order chi connectivity index (χ0) is 9.52. The molecule has 0 radical (unpaired) electrons. The summed E-state index contributed by atoms with van der Waals surface area (Å²) in [4.78, 5) is 3.91. The van der Waals surface area contributed by atoms with Gasteiger partial charge in [0.2, 0.25) is 6.39 Å². The predicted molar refractivity (Wildman–Crippen MR) is 50.1 cm³/mol. The van der Waals surface area contributed by atoms with Crippen LogP contribution in [0.5, 0.6) is 0 Å². The monoisotopic (exact) mass is 183 g/mol. The number of hydrogen-bond donors (Lipinski definition) is 1. The van der Waals surface area contributed by atoms with Crippen molar-refractivity contribution in [3.05, 3.63) is 12.2 Å². The maximum absolute atomic E-state index is 4.61. The number of aromatic nitrogens is 2. The van der Waals surface area contributed by atoms with E-state index in [1.807, 2.05) is 0 Å². The highest BCUT2D eigenvalue weighted by molar-refractivity contribution is 4.75. The molecule has 4 nitrogen and oxygen atoms in total. The van der Waals surface area contributed by atoms with Gasteiger partial charge in [-0.3, -0.25) is 0 Å². The first-order valence-electron chi connectivity index (χ1n) is 4.75. The first kappa shape index (κ1) is 10.2. The molecule has 0 aliphatic rings. The summed E-state index contributed by atoms with van der Waals surface area (Å²) in [5.74, 6) is 1.51. The second-order valence-electron chi connectivity index (χ2n) is 3.56. The van der Waals surface area contributed by atoms with E-state index in [0.717, 1.165) is 18.3 Å². The van der Waals surface area contributed by atoms with Crippen LogP contribution in [0.2, 0.25) is 0 Å². The van der Waals surface area contributed by atoms with Crippen LogP contribution in [0.1, 0.15) is 32.5 Å². The number of nitrogens with zero attached hydrogens (tertiary/aromatic N) is 2. The summed E-state index contributed by atoms with van der Waals surface area (Å²) in [5, 5.41) is 6.96. The van der Waals surface area contributed by atoms with Gasteiger partial charge in [-0.15, -0.1) is 0 Å². The lowest BCUT2D eigenvalue weighted by Crippen LogP contribution is -2.16. The van der Waals surface area contributed by atoms with E-state index in [9.17, 15) is 0 Å². The summed E-state index contributed by atoms with van der Waals surface area (Å²) in [6.45, 7) is 6.19. The van der Waals surface area contributed by atoms with Gasteiger partial charge in [0.05, 0.1) is 6.54 Å². The molecular formula is C9H17N3O. The number of nitrogens with one attached hydrogen (secondary N) is 1. The summed E-state index contributed by atoms with van der Waals surface area (Å²) in [7, 11) is 0. The van der Waals surface area contributed by atoms with Crippen LogP contribution >= 0.6 is 0 Å². The molecule has 0 fully saturated rings. The minimum absolute atomic E-state index is 0.703. The lowest BCUT2D eigenvalue weighted by atomic mass is 10.1. The van der Waals surface area contributed by atoms with Gasteiger partial charge >= 0.3 is 0 Å². The van der Waals surface area contributed by atoms with Gasteiger partial charge in [-0.1, -0.05) is 19.0 Å². The Hall–Kier alpha value is -0.900. The largest absolute Gasteiger partial charge is 0.343 e. The number of hydrogen-bond acceptors (Lipinski definition) is 4. The topological polar surface area (TPSA) is 51.0 Å². The fraction of sp³-hybridized carbons (Fsp3) is 0.778. The molecule has 1 rings (SSSR count). The van der Waals surface area contributed by atoms with Gasteiger partial charge in [-0.2, -0.15) is 4.98 Å². The van der Waals surface area contributed by atoms with Crippen molar-refractivity contribution < 1.29 is 4.52 Å². The lowest BCUT2D eigenvalue weighted by Gasteiger charge is -2.04. The second-order valence-corrected chi connectivity index (χ2v) is 3.56. The zero-order valence-corrected chi connectivity index (χ0v) is 8.29.